The number of aliphatic hydroxyl groups is 1. The Morgan fingerprint density at radius 2 is 1.96 bits per heavy atom. The molecule has 0 unspecified atom stereocenters. The number of hydrogen-bond donors (Lipinski definition) is 2. The van der Waals surface area contributed by atoms with E-state index in [1.807, 2.05) is 43.5 Å². The molecular weight excluding hydrogens is 350 g/mol. The van der Waals surface area contributed by atoms with E-state index in [1.54, 1.807) is 11.3 Å². The van der Waals surface area contributed by atoms with Gasteiger partial charge in [-0.3, -0.25) is 9.72 Å². The SMILES string of the molecule is CC(C)(C)OC(=O)Nc1cc2sc3nc(C(C)(C)C)cn3c2cc1CO. The fraction of sp³-hybridized carbons (Fsp3) is 0.474. The van der Waals surface area contributed by atoms with Crippen molar-refractivity contribution >= 4 is 38.3 Å². The summed E-state index contributed by atoms with van der Waals surface area (Å²) in [5, 5.41) is 12.5. The second kappa shape index (κ2) is 6.25. The molecule has 0 saturated heterocycles. The summed E-state index contributed by atoms with van der Waals surface area (Å²) in [4.78, 5) is 17.7. The van der Waals surface area contributed by atoms with Crippen molar-refractivity contribution < 1.29 is 14.6 Å². The summed E-state index contributed by atoms with van der Waals surface area (Å²) in [6.45, 7) is 11.6. The van der Waals surface area contributed by atoms with Gasteiger partial charge in [0, 0.05) is 17.2 Å². The molecule has 1 amide bonds. The fourth-order valence-electron chi connectivity index (χ4n) is 2.61. The number of amides is 1. The number of carbonyl (C=O) groups is 1. The largest absolute Gasteiger partial charge is 0.444 e. The minimum absolute atomic E-state index is 0.0317. The van der Waals surface area contributed by atoms with Crippen molar-refractivity contribution in [2.75, 3.05) is 5.32 Å². The molecule has 1 aromatic carbocycles. The van der Waals surface area contributed by atoms with Gasteiger partial charge in [-0.2, -0.15) is 0 Å². The maximum absolute atomic E-state index is 12.1. The lowest BCUT2D eigenvalue weighted by molar-refractivity contribution is 0.0635. The topological polar surface area (TPSA) is 75.9 Å². The molecule has 0 bridgehead atoms. The molecule has 0 fully saturated rings. The van der Waals surface area contributed by atoms with Gasteiger partial charge in [0.15, 0.2) is 4.96 Å². The van der Waals surface area contributed by atoms with E-state index in [-0.39, 0.29) is 12.0 Å². The Kier molecular flexibility index (Phi) is 4.48. The number of carbonyl (C=O) groups excluding carboxylic acids is 1. The van der Waals surface area contributed by atoms with Crippen LogP contribution in [0.3, 0.4) is 0 Å². The minimum atomic E-state index is -0.583. The van der Waals surface area contributed by atoms with Crippen LogP contribution in [-0.2, 0) is 16.8 Å². The van der Waals surface area contributed by atoms with Crippen LogP contribution >= 0.6 is 11.3 Å². The summed E-state index contributed by atoms with van der Waals surface area (Å²) in [7, 11) is 0. The lowest BCUT2D eigenvalue weighted by Gasteiger charge is -2.20. The number of nitrogens with zero attached hydrogens (tertiary/aromatic N) is 2. The number of hydrogen-bond acceptors (Lipinski definition) is 5. The van der Waals surface area contributed by atoms with E-state index in [0.717, 1.165) is 20.9 Å². The number of aromatic nitrogens is 2. The highest BCUT2D eigenvalue weighted by atomic mass is 32.1. The Balaban J connectivity index is 2.03. The third-order valence-corrected chi connectivity index (χ3v) is 4.91. The van der Waals surface area contributed by atoms with Gasteiger partial charge in [0.1, 0.15) is 5.60 Å². The van der Waals surface area contributed by atoms with E-state index >= 15 is 0 Å². The molecule has 3 aromatic rings. The molecule has 0 aliphatic rings. The van der Waals surface area contributed by atoms with Gasteiger partial charge in [-0.05, 0) is 32.9 Å². The summed E-state index contributed by atoms with van der Waals surface area (Å²) >= 11 is 1.55. The number of thiazole rings is 1. The molecule has 2 aromatic heterocycles. The Bertz CT molecular complexity index is 974. The first-order valence-corrected chi connectivity index (χ1v) is 9.35. The highest BCUT2D eigenvalue weighted by molar-refractivity contribution is 7.23. The monoisotopic (exact) mass is 375 g/mol. The van der Waals surface area contributed by atoms with Crippen LogP contribution in [0.4, 0.5) is 10.5 Å². The van der Waals surface area contributed by atoms with Gasteiger partial charge in [0.05, 0.1) is 28.2 Å². The minimum Gasteiger partial charge on any atom is -0.444 e. The summed E-state index contributed by atoms with van der Waals surface area (Å²) < 4.78 is 8.33. The smallest absolute Gasteiger partial charge is 0.412 e. The Morgan fingerprint density at radius 1 is 1.27 bits per heavy atom. The second-order valence-corrected chi connectivity index (χ2v) is 9.40. The van der Waals surface area contributed by atoms with Crippen molar-refractivity contribution in [3.8, 4) is 0 Å². The molecular formula is C19H25N3O3S. The van der Waals surface area contributed by atoms with Crippen molar-refractivity contribution in [3.63, 3.8) is 0 Å². The molecule has 2 heterocycles. The predicted molar refractivity (Wildman–Crippen MR) is 105 cm³/mol. The summed E-state index contributed by atoms with van der Waals surface area (Å²) in [6, 6.07) is 3.75. The number of rotatable bonds is 2. The van der Waals surface area contributed by atoms with Crippen LogP contribution in [0.25, 0.3) is 15.2 Å². The number of fused-ring (bicyclic) bond motifs is 3. The molecule has 0 atom stereocenters. The standard InChI is InChI=1S/C19H25N3O3S/c1-18(2,3)15-9-22-13-7-11(10-23)12(8-14(13)26-16(22)21-15)20-17(24)25-19(4,5)6/h7-9,23H,10H2,1-6H3,(H,20,24). The van der Waals surface area contributed by atoms with Crippen LogP contribution in [0.5, 0.6) is 0 Å². The highest BCUT2D eigenvalue weighted by Crippen LogP contribution is 2.33. The van der Waals surface area contributed by atoms with Crippen molar-refractivity contribution in [1.29, 1.82) is 0 Å². The van der Waals surface area contributed by atoms with Gasteiger partial charge in [0.2, 0.25) is 0 Å². The lowest BCUT2D eigenvalue weighted by atomic mass is 9.93. The Hall–Kier alpha value is -2.12. The third-order valence-electron chi connectivity index (χ3n) is 3.89. The van der Waals surface area contributed by atoms with Crippen LogP contribution in [-0.4, -0.2) is 26.2 Å². The van der Waals surface area contributed by atoms with E-state index in [0.29, 0.717) is 11.3 Å². The highest BCUT2D eigenvalue weighted by Gasteiger charge is 2.21. The zero-order valence-electron chi connectivity index (χ0n) is 16.0. The summed E-state index contributed by atoms with van der Waals surface area (Å²) in [6.07, 6.45) is 1.50. The maximum Gasteiger partial charge on any atom is 0.412 e. The van der Waals surface area contributed by atoms with Crippen molar-refractivity contribution in [2.24, 2.45) is 0 Å². The van der Waals surface area contributed by atoms with Gasteiger partial charge >= 0.3 is 6.09 Å². The lowest BCUT2D eigenvalue weighted by Crippen LogP contribution is -2.27. The van der Waals surface area contributed by atoms with E-state index in [1.165, 1.54) is 0 Å². The Morgan fingerprint density at radius 3 is 2.54 bits per heavy atom. The molecule has 6 nitrogen and oxygen atoms in total. The van der Waals surface area contributed by atoms with Gasteiger partial charge in [0.25, 0.3) is 0 Å². The molecule has 0 aliphatic heterocycles. The molecule has 7 heteroatoms. The first kappa shape index (κ1) is 18.7. The average Bonchev–Trinajstić information content (AvgIpc) is 3.01. The molecule has 0 aliphatic carbocycles. The second-order valence-electron chi connectivity index (χ2n) is 8.39. The Labute approximate surface area is 156 Å². The normalized spacial score (nSPS) is 12.7. The van der Waals surface area contributed by atoms with E-state index in [9.17, 15) is 9.90 Å². The van der Waals surface area contributed by atoms with Gasteiger partial charge in [-0.1, -0.05) is 32.1 Å². The number of imidazole rings is 1. The van der Waals surface area contributed by atoms with Gasteiger partial charge in [-0.25, -0.2) is 9.78 Å². The molecule has 0 saturated carbocycles. The van der Waals surface area contributed by atoms with Crippen LogP contribution in [0.1, 0.15) is 52.8 Å². The van der Waals surface area contributed by atoms with Crippen LogP contribution < -0.4 is 5.32 Å². The number of benzene rings is 1. The quantitative estimate of drug-likeness (QED) is 0.681. The predicted octanol–water partition coefficient (Wildman–Crippen LogP) is 4.69. The first-order valence-electron chi connectivity index (χ1n) is 8.54. The molecule has 2 N–H and O–H groups in total. The van der Waals surface area contributed by atoms with E-state index < -0.39 is 11.7 Å². The van der Waals surface area contributed by atoms with Gasteiger partial charge < -0.3 is 9.84 Å². The van der Waals surface area contributed by atoms with Crippen molar-refractivity contribution in [1.82, 2.24) is 9.38 Å². The van der Waals surface area contributed by atoms with Crippen molar-refractivity contribution in [2.45, 2.75) is 59.2 Å². The fourth-order valence-corrected chi connectivity index (χ4v) is 3.64. The van der Waals surface area contributed by atoms with Crippen LogP contribution in [0.2, 0.25) is 0 Å². The molecule has 0 spiro atoms. The number of ether oxygens (including phenoxy) is 1. The number of anilines is 1. The zero-order valence-corrected chi connectivity index (χ0v) is 16.8. The summed E-state index contributed by atoms with van der Waals surface area (Å²) in [5.74, 6) is 0. The molecule has 3 rings (SSSR count). The number of aliphatic hydroxyl groups excluding tert-OH is 1. The first-order chi connectivity index (χ1) is 12.0. The summed E-state index contributed by atoms with van der Waals surface area (Å²) in [5.41, 5.74) is 2.55. The average molecular weight is 375 g/mol. The van der Waals surface area contributed by atoms with Gasteiger partial charge in [-0.15, -0.1) is 0 Å². The third kappa shape index (κ3) is 3.68. The van der Waals surface area contributed by atoms with E-state index in [2.05, 4.69) is 26.1 Å². The van der Waals surface area contributed by atoms with Crippen molar-refractivity contribution in [3.05, 3.63) is 29.6 Å². The molecule has 26 heavy (non-hydrogen) atoms. The number of nitrogens with one attached hydrogen (secondary N) is 1. The maximum atomic E-state index is 12.1. The molecule has 140 valence electrons. The zero-order chi connectivity index (χ0) is 19.3. The van der Waals surface area contributed by atoms with E-state index in [4.69, 9.17) is 9.72 Å². The molecule has 0 radical (unpaired) electrons. The van der Waals surface area contributed by atoms with Crippen LogP contribution in [0, 0.1) is 0 Å². The van der Waals surface area contributed by atoms with Crippen LogP contribution in [0.15, 0.2) is 18.3 Å².